The number of carbonyl (C=O) groups is 1. The molecule has 1 atom stereocenters. The van der Waals surface area contributed by atoms with Gasteiger partial charge in [-0.3, -0.25) is 9.36 Å². The van der Waals surface area contributed by atoms with Crippen LogP contribution in [0.2, 0.25) is 0 Å². The highest BCUT2D eigenvalue weighted by atomic mass is 16.4. The second-order valence-corrected chi connectivity index (χ2v) is 4.90. The number of nitrogens with zero attached hydrogens (tertiary/aromatic N) is 4. The summed E-state index contributed by atoms with van der Waals surface area (Å²) < 4.78 is 1.71. The first-order chi connectivity index (χ1) is 10.1. The van der Waals surface area contributed by atoms with E-state index in [1.165, 1.54) is 0 Å². The van der Waals surface area contributed by atoms with Crippen molar-refractivity contribution < 1.29 is 9.90 Å². The minimum Gasteiger partial charge on any atom is -0.481 e. The van der Waals surface area contributed by atoms with Gasteiger partial charge in [0, 0.05) is 30.2 Å². The number of carboxylic acid groups (broad SMARTS) is 1. The Balaban J connectivity index is 2.21. The smallest absolute Gasteiger partial charge is 0.306 e. The van der Waals surface area contributed by atoms with Crippen LogP contribution in [0, 0.1) is 12.8 Å². The van der Waals surface area contributed by atoms with Crippen molar-refractivity contribution >= 4 is 5.97 Å². The van der Waals surface area contributed by atoms with E-state index in [4.69, 9.17) is 0 Å². The largest absolute Gasteiger partial charge is 0.481 e. The van der Waals surface area contributed by atoms with Gasteiger partial charge in [-0.2, -0.15) is 0 Å². The van der Waals surface area contributed by atoms with E-state index in [9.17, 15) is 9.90 Å². The van der Waals surface area contributed by atoms with E-state index in [1.54, 1.807) is 23.3 Å². The zero-order valence-electron chi connectivity index (χ0n) is 12.2. The molecule has 0 amide bonds. The van der Waals surface area contributed by atoms with E-state index in [-0.39, 0.29) is 0 Å². The number of rotatable bonds is 7. The lowest BCUT2D eigenvalue weighted by Crippen LogP contribution is -2.22. The molecule has 2 aromatic heterocycles. The van der Waals surface area contributed by atoms with Crippen molar-refractivity contribution in [3.05, 3.63) is 36.2 Å². The van der Waals surface area contributed by atoms with Crippen LogP contribution in [0.3, 0.4) is 0 Å². The third-order valence-electron chi connectivity index (χ3n) is 3.18. The second kappa shape index (κ2) is 6.94. The summed E-state index contributed by atoms with van der Waals surface area (Å²) in [5, 5.41) is 12.3. The van der Waals surface area contributed by atoms with E-state index in [2.05, 4.69) is 20.3 Å². The Morgan fingerprint density at radius 2 is 2.29 bits per heavy atom. The maximum Gasteiger partial charge on any atom is 0.306 e. The molecule has 0 bridgehead atoms. The minimum atomic E-state index is -0.800. The van der Waals surface area contributed by atoms with Crippen molar-refractivity contribution in [1.82, 2.24) is 24.8 Å². The van der Waals surface area contributed by atoms with Gasteiger partial charge in [-0.05, 0) is 33.0 Å². The molecule has 0 saturated carbocycles. The molecule has 2 N–H and O–H groups in total. The molecule has 2 aromatic rings. The van der Waals surface area contributed by atoms with Crippen LogP contribution in [0.5, 0.6) is 0 Å². The summed E-state index contributed by atoms with van der Waals surface area (Å²) in [4.78, 5) is 24.1. The van der Waals surface area contributed by atoms with Crippen molar-refractivity contribution in [2.45, 2.75) is 19.8 Å². The Bertz CT molecular complexity index is 597. The Morgan fingerprint density at radius 1 is 1.48 bits per heavy atom. The molecule has 7 nitrogen and oxygen atoms in total. The van der Waals surface area contributed by atoms with Crippen LogP contribution < -0.4 is 5.32 Å². The molecule has 0 aliphatic heterocycles. The molecule has 1 unspecified atom stereocenters. The SMILES string of the molecule is CNCCC(Cc1cc(C)nc(-n2ccnc2)n1)C(=O)O. The summed E-state index contributed by atoms with van der Waals surface area (Å²) in [6.07, 6.45) is 5.98. The van der Waals surface area contributed by atoms with Crippen molar-refractivity contribution in [2.75, 3.05) is 13.6 Å². The molecule has 0 aliphatic rings. The van der Waals surface area contributed by atoms with Crippen LogP contribution in [0.25, 0.3) is 5.95 Å². The normalized spacial score (nSPS) is 12.3. The maximum atomic E-state index is 11.3. The van der Waals surface area contributed by atoms with Gasteiger partial charge in [-0.1, -0.05) is 0 Å². The van der Waals surface area contributed by atoms with Crippen LogP contribution in [0.15, 0.2) is 24.8 Å². The Morgan fingerprint density at radius 3 is 2.90 bits per heavy atom. The van der Waals surface area contributed by atoms with Gasteiger partial charge in [-0.25, -0.2) is 15.0 Å². The first-order valence-corrected chi connectivity index (χ1v) is 6.80. The highest BCUT2D eigenvalue weighted by molar-refractivity contribution is 5.70. The van der Waals surface area contributed by atoms with Gasteiger partial charge < -0.3 is 10.4 Å². The van der Waals surface area contributed by atoms with Gasteiger partial charge in [0.15, 0.2) is 0 Å². The quantitative estimate of drug-likeness (QED) is 0.784. The number of hydrogen-bond donors (Lipinski definition) is 2. The zero-order chi connectivity index (χ0) is 15.2. The van der Waals surface area contributed by atoms with Gasteiger partial charge in [0.05, 0.1) is 5.92 Å². The summed E-state index contributed by atoms with van der Waals surface area (Å²) in [6, 6.07) is 1.83. The topological polar surface area (TPSA) is 92.9 Å². The van der Waals surface area contributed by atoms with E-state index < -0.39 is 11.9 Å². The number of hydrogen-bond acceptors (Lipinski definition) is 5. The predicted molar refractivity (Wildman–Crippen MR) is 77.3 cm³/mol. The van der Waals surface area contributed by atoms with Gasteiger partial charge >= 0.3 is 5.97 Å². The van der Waals surface area contributed by atoms with E-state index in [0.717, 1.165) is 11.4 Å². The molecule has 0 aromatic carbocycles. The highest BCUT2D eigenvalue weighted by Gasteiger charge is 2.19. The summed E-state index contributed by atoms with van der Waals surface area (Å²) in [7, 11) is 1.81. The van der Waals surface area contributed by atoms with Crippen molar-refractivity contribution in [3.63, 3.8) is 0 Å². The Hall–Kier alpha value is -2.28. The first-order valence-electron chi connectivity index (χ1n) is 6.80. The number of carboxylic acids is 1. The molecular weight excluding hydrogens is 270 g/mol. The Kier molecular flexibility index (Phi) is 4.99. The fourth-order valence-corrected chi connectivity index (χ4v) is 2.10. The molecule has 0 radical (unpaired) electrons. The summed E-state index contributed by atoms with van der Waals surface area (Å²) in [5.41, 5.74) is 1.54. The van der Waals surface area contributed by atoms with Crippen LogP contribution >= 0.6 is 0 Å². The number of nitrogens with one attached hydrogen (secondary N) is 1. The zero-order valence-corrected chi connectivity index (χ0v) is 12.2. The number of aryl methyl sites for hydroxylation is 1. The fourth-order valence-electron chi connectivity index (χ4n) is 2.10. The lowest BCUT2D eigenvalue weighted by atomic mass is 9.99. The number of aliphatic carboxylic acids is 1. The lowest BCUT2D eigenvalue weighted by molar-refractivity contribution is -0.141. The van der Waals surface area contributed by atoms with Gasteiger partial charge in [0.1, 0.15) is 6.33 Å². The standard InChI is InChI=1S/C14H19N5O2/c1-10-7-12(8-11(13(20)21)3-4-15-2)18-14(17-10)19-6-5-16-9-19/h5-7,9,11,15H,3-4,8H2,1-2H3,(H,20,21). The summed E-state index contributed by atoms with van der Waals surface area (Å²) >= 11 is 0. The first kappa shape index (κ1) is 15.1. The molecule has 0 fully saturated rings. The van der Waals surface area contributed by atoms with Crippen molar-refractivity contribution in [3.8, 4) is 5.95 Å². The average molecular weight is 289 g/mol. The van der Waals surface area contributed by atoms with Crippen LogP contribution in [-0.4, -0.2) is 44.2 Å². The molecule has 0 spiro atoms. The van der Waals surface area contributed by atoms with Crippen LogP contribution in [0.4, 0.5) is 0 Å². The molecule has 2 rings (SSSR count). The van der Waals surface area contributed by atoms with E-state index >= 15 is 0 Å². The van der Waals surface area contributed by atoms with Gasteiger partial charge in [-0.15, -0.1) is 0 Å². The number of aromatic nitrogens is 4. The van der Waals surface area contributed by atoms with Crippen molar-refractivity contribution in [2.24, 2.45) is 5.92 Å². The molecule has 7 heteroatoms. The third-order valence-corrected chi connectivity index (χ3v) is 3.18. The lowest BCUT2D eigenvalue weighted by Gasteiger charge is -2.12. The van der Waals surface area contributed by atoms with Gasteiger partial charge in [0.25, 0.3) is 0 Å². The van der Waals surface area contributed by atoms with Gasteiger partial charge in [0.2, 0.25) is 5.95 Å². The second-order valence-electron chi connectivity index (χ2n) is 4.90. The molecule has 0 saturated heterocycles. The molecule has 0 aliphatic carbocycles. The van der Waals surface area contributed by atoms with E-state index in [0.29, 0.717) is 25.3 Å². The molecule has 21 heavy (non-hydrogen) atoms. The minimum absolute atomic E-state index is 0.391. The summed E-state index contributed by atoms with van der Waals surface area (Å²) in [6.45, 7) is 2.53. The monoisotopic (exact) mass is 289 g/mol. The van der Waals surface area contributed by atoms with Crippen LogP contribution in [-0.2, 0) is 11.2 Å². The Labute approximate surface area is 123 Å². The average Bonchev–Trinajstić information content (AvgIpc) is 2.96. The fraction of sp³-hybridized carbons (Fsp3) is 0.429. The van der Waals surface area contributed by atoms with Crippen molar-refractivity contribution in [1.29, 1.82) is 0 Å². The number of imidazole rings is 1. The van der Waals surface area contributed by atoms with E-state index in [1.807, 2.05) is 20.0 Å². The highest BCUT2D eigenvalue weighted by Crippen LogP contribution is 2.13. The third kappa shape index (κ3) is 4.09. The molecular formula is C14H19N5O2. The predicted octanol–water partition coefficient (Wildman–Crippen LogP) is 0.824. The molecule has 112 valence electrons. The molecule has 2 heterocycles. The summed E-state index contributed by atoms with van der Waals surface area (Å²) in [5.74, 6) is -0.742. The van der Waals surface area contributed by atoms with Crippen LogP contribution in [0.1, 0.15) is 17.8 Å². The maximum absolute atomic E-state index is 11.3.